The lowest BCUT2D eigenvalue weighted by molar-refractivity contribution is 0.354. The maximum atomic E-state index is 5.34. The van der Waals surface area contributed by atoms with Gasteiger partial charge in [0.1, 0.15) is 0 Å². The Morgan fingerprint density at radius 3 is 2.40 bits per heavy atom. The SMILES string of the molecule is COc1ccc(CC(C)NCC(C)(C)SC)cc1OC. The van der Waals surface area contributed by atoms with Crippen LogP contribution in [0.15, 0.2) is 18.2 Å². The fourth-order valence-electron chi connectivity index (χ4n) is 1.93. The first kappa shape index (κ1) is 17.2. The van der Waals surface area contributed by atoms with Gasteiger partial charge in [0, 0.05) is 17.3 Å². The number of hydrogen-bond acceptors (Lipinski definition) is 4. The third-order valence-corrected chi connectivity index (χ3v) is 4.67. The molecule has 0 heterocycles. The van der Waals surface area contributed by atoms with Gasteiger partial charge < -0.3 is 14.8 Å². The fourth-order valence-corrected chi connectivity index (χ4v) is 2.15. The van der Waals surface area contributed by atoms with Crippen LogP contribution in [-0.4, -0.2) is 37.8 Å². The van der Waals surface area contributed by atoms with Gasteiger partial charge in [-0.05, 0) is 51.1 Å². The third-order valence-electron chi connectivity index (χ3n) is 3.42. The summed E-state index contributed by atoms with van der Waals surface area (Å²) < 4.78 is 10.9. The van der Waals surface area contributed by atoms with Crippen LogP contribution in [0.5, 0.6) is 11.5 Å². The van der Waals surface area contributed by atoms with Crippen molar-refractivity contribution in [2.24, 2.45) is 0 Å². The second-order valence-electron chi connectivity index (χ2n) is 5.64. The molecule has 0 aliphatic carbocycles. The largest absolute Gasteiger partial charge is 0.493 e. The van der Waals surface area contributed by atoms with Gasteiger partial charge in [0.15, 0.2) is 11.5 Å². The zero-order valence-electron chi connectivity index (χ0n) is 13.4. The number of ether oxygens (including phenoxy) is 2. The number of nitrogens with one attached hydrogen (secondary N) is 1. The lowest BCUT2D eigenvalue weighted by Crippen LogP contribution is -2.38. The Bertz CT molecular complexity index is 421. The summed E-state index contributed by atoms with van der Waals surface area (Å²) in [6.45, 7) is 7.73. The summed E-state index contributed by atoms with van der Waals surface area (Å²) in [7, 11) is 3.33. The summed E-state index contributed by atoms with van der Waals surface area (Å²) in [5.74, 6) is 1.57. The van der Waals surface area contributed by atoms with Gasteiger partial charge in [0.05, 0.1) is 14.2 Å². The van der Waals surface area contributed by atoms with E-state index in [2.05, 4.69) is 44.5 Å². The summed E-state index contributed by atoms with van der Waals surface area (Å²) in [6, 6.07) is 6.54. The predicted molar refractivity (Wildman–Crippen MR) is 88.3 cm³/mol. The normalized spacial score (nSPS) is 13.1. The molecule has 4 heteroatoms. The molecular formula is C16H27NO2S. The summed E-state index contributed by atoms with van der Waals surface area (Å²) in [5.41, 5.74) is 1.25. The van der Waals surface area contributed by atoms with Crippen LogP contribution in [0.4, 0.5) is 0 Å². The highest BCUT2D eigenvalue weighted by Crippen LogP contribution is 2.28. The Kier molecular flexibility index (Phi) is 6.69. The molecule has 0 fully saturated rings. The second kappa shape index (κ2) is 7.79. The molecule has 3 nitrogen and oxygen atoms in total. The first-order chi connectivity index (χ1) is 9.41. The molecule has 114 valence electrons. The van der Waals surface area contributed by atoms with Crippen LogP contribution in [-0.2, 0) is 6.42 Å². The van der Waals surface area contributed by atoms with Crippen LogP contribution in [0, 0.1) is 0 Å². The molecule has 0 saturated carbocycles. The lowest BCUT2D eigenvalue weighted by Gasteiger charge is -2.25. The minimum Gasteiger partial charge on any atom is -0.493 e. The quantitative estimate of drug-likeness (QED) is 0.797. The van der Waals surface area contributed by atoms with Crippen LogP contribution in [0.1, 0.15) is 26.3 Å². The standard InChI is InChI=1S/C16H27NO2S/c1-12(17-11-16(2,3)20-6)9-13-7-8-14(18-4)15(10-13)19-5/h7-8,10,12,17H,9,11H2,1-6H3. The number of benzene rings is 1. The van der Waals surface area contributed by atoms with E-state index in [4.69, 9.17) is 9.47 Å². The van der Waals surface area contributed by atoms with E-state index >= 15 is 0 Å². The molecule has 1 N–H and O–H groups in total. The number of methoxy groups -OCH3 is 2. The third kappa shape index (κ3) is 5.25. The van der Waals surface area contributed by atoms with Crippen LogP contribution in [0.2, 0.25) is 0 Å². The van der Waals surface area contributed by atoms with Crippen molar-refractivity contribution < 1.29 is 9.47 Å². The minimum absolute atomic E-state index is 0.270. The Labute approximate surface area is 127 Å². The summed E-state index contributed by atoms with van der Waals surface area (Å²) >= 11 is 1.89. The fraction of sp³-hybridized carbons (Fsp3) is 0.625. The Morgan fingerprint density at radius 1 is 1.20 bits per heavy atom. The average molecular weight is 297 g/mol. The monoisotopic (exact) mass is 297 g/mol. The Morgan fingerprint density at radius 2 is 1.85 bits per heavy atom. The van der Waals surface area contributed by atoms with Crippen molar-refractivity contribution in [2.75, 3.05) is 27.0 Å². The van der Waals surface area contributed by atoms with E-state index in [0.717, 1.165) is 24.5 Å². The van der Waals surface area contributed by atoms with E-state index in [0.29, 0.717) is 6.04 Å². The van der Waals surface area contributed by atoms with E-state index < -0.39 is 0 Å². The van der Waals surface area contributed by atoms with Crippen molar-refractivity contribution in [3.8, 4) is 11.5 Å². The van der Waals surface area contributed by atoms with E-state index in [-0.39, 0.29) is 4.75 Å². The van der Waals surface area contributed by atoms with Crippen LogP contribution in [0.25, 0.3) is 0 Å². The molecule has 1 unspecified atom stereocenters. The van der Waals surface area contributed by atoms with Crippen LogP contribution in [0.3, 0.4) is 0 Å². The highest BCUT2D eigenvalue weighted by molar-refractivity contribution is 7.99. The Hall–Kier alpha value is -0.870. The number of rotatable bonds is 8. The molecule has 20 heavy (non-hydrogen) atoms. The van der Waals surface area contributed by atoms with Gasteiger partial charge in [-0.1, -0.05) is 6.07 Å². The van der Waals surface area contributed by atoms with Gasteiger partial charge in [0.2, 0.25) is 0 Å². The second-order valence-corrected chi connectivity index (χ2v) is 7.15. The predicted octanol–water partition coefficient (Wildman–Crippen LogP) is 3.37. The molecule has 1 aromatic rings. The smallest absolute Gasteiger partial charge is 0.160 e. The van der Waals surface area contributed by atoms with Gasteiger partial charge in [-0.15, -0.1) is 0 Å². The summed E-state index contributed by atoms with van der Waals surface area (Å²) in [4.78, 5) is 0. The zero-order chi connectivity index (χ0) is 15.2. The maximum absolute atomic E-state index is 5.34. The van der Waals surface area contributed by atoms with Gasteiger partial charge in [0.25, 0.3) is 0 Å². The molecule has 0 amide bonds. The van der Waals surface area contributed by atoms with Crippen LogP contribution >= 0.6 is 11.8 Å². The zero-order valence-corrected chi connectivity index (χ0v) is 14.3. The molecule has 0 aliphatic heterocycles. The molecule has 0 bridgehead atoms. The molecule has 0 aliphatic rings. The van der Waals surface area contributed by atoms with Crippen LogP contribution < -0.4 is 14.8 Å². The highest BCUT2D eigenvalue weighted by Gasteiger charge is 2.17. The molecule has 1 atom stereocenters. The lowest BCUT2D eigenvalue weighted by atomic mass is 10.1. The molecule has 0 saturated heterocycles. The average Bonchev–Trinajstić information content (AvgIpc) is 2.45. The van der Waals surface area contributed by atoms with Crippen molar-refractivity contribution in [3.05, 3.63) is 23.8 Å². The van der Waals surface area contributed by atoms with E-state index in [1.807, 2.05) is 17.8 Å². The van der Waals surface area contributed by atoms with Crippen molar-refractivity contribution in [1.82, 2.24) is 5.32 Å². The summed E-state index contributed by atoms with van der Waals surface area (Å²) in [6.07, 6.45) is 3.13. The minimum atomic E-state index is 0.270. The first-order valence-corrected chi connectivity index (χ1v) is 8.13. The van der Waals surface area contributed by atoms with E-state index in [1.54, 1.807) is 14.2 Å². The van der Waals surface area contributed by atoms with Gasteiger partial charge in [-0.3, -0.25) is 0 Å². The van der Waals surface area contributed by atoms with E-state index in [9.17, 15) is 0 Å². The van der Waals surface area contributed by atoms with Crippen molar-refractivity contribution >= 4 is 11.8 Å². The van der Waals surface area contributed by atoms with Gasteiger partial charge in [-0.2, -0.15) is 11.8 Å². The summed E-state index contributed by atoms with van der Waals surface area (Å²) in [5, 5.41) is 3.60. The van der Waals surface area contributed by atoms with Gasteiger partial charge >= 0.3 is 0 Å². The van der Waals surface area contributed by atoms with Crippen molar-refractivity contribution in [3.63, 3.8) is 0 Å². The van der Waals surface area contributed by atoms with E-state index in [1.165, 1.54) is 5.56 Å². The molecule has 0 aromatic heterocycles. The number of thioether (sulfide) groups is 1. The molecule has 1 rings (SSSR count). The molecule has 0 radical (unpaired) electrons. The first-order valence-electron chi connectivity index (χ1n) is 6.91. The molecule has 1 aromatic carbocycles. The Balaban J connectivity index is 2.60. The van der Waals surface area contributed by atoms with Crippen molar-refractivity contribution in [1.29, 1.82) is 0 Å². The topological polar surface area (TPSA) is 30.5 Å². The molecule has 0 spiro atoms. The van der Waals surface area contributed by atoms with Crippen molar-refractivity contribution in [2.45, 2.75) is 38.0 Å². The highest BCUT2D eigenvalue weighted by atomic mass is 32.2. The molecular weight excluding hydrogens is 270 g/mol. The maximum Gasteiger partial charge on any atom is 0.160 e. The number of hydrogen-bond donors (Lipinski definition) is 1. The van der Waals surface area contributed by atoms with Gasteiger partial charge in [-0.25, -0.2) is 0 Å².